The van der Waals surface area contributed by atoms with Gasteiger partial charge in [0.05, 0.1) is 16.3 Å². The van der Waals surface area contributed by atoms with Gasteiger partial charge >= 0.3 is 0 Å². The molecule has 1 unspecified atom stereocenters. The maximum absolute atomic E-state index is 12.7. The number of hydrogen-bond acceptors (Lipinski definition) is 4. The Morgan fingerprint density at radius 3 is 2.75 bits per heavy atom. The van der Waals surface area contributed by atoms with Crippen LogP contribution in [0.15, 0.2) is 24.3 Å². The monoisotopic (exact) mass is 425 g/mol. The van der Waals surface area contributed by atoms with Gasteiger partial charge in [0.1, 0.15) is 29.2 Å². The number of aliphatic hydroxyl groups excluding tert-OH is 1. The number of hydrogen-bond donors (Lipinski definition) is 2. The number of nitrogens with one attached hydrogen (secondary N) is 1. The van der Waals surface area contributed by atoms with Crippen LogP contribution in [0.5, 0.6) is 5.75 Å². The van der Waals surface area contributed by atoms with Gasteiger partial charge in [0.2, 0.25) is 0 Å². The lowest BCUT2D eigenvalue weighted by Crippen LogP contribution is -2.38. The summed E-state index contributed by atoms with van der Waals surface area (Å²) in [5.41, 5.74) is 1.14. The number of nitrogens with zero attached hydrogens (tertiary/aromatic N) is 2. The van der Waals surface area contributed by atoms with Crippen LogP contribution in [0.3, 0.4) is 0 Å². The average molecular weight is 426 g/mol. The molecular weight excluding hydrogens is 401 g/mol. The Bertz CT molecular complexity index is 857. The molecule has 0 aliphatic heterocycles. The number of rotatable bonds is 7. The van der Waals surface area contributed by atoms with Crippen molar-refractivity contribution in [2.75, 3.05) is 13.2 Å². The number of aromatic nitrogens is 2. The predicted octanol–water partition coefficient (Wildman–Crippen LogP) is 3.99. The number of benzene rings is 1. The Balaban J connectivity index is 1.58. The van der Waals surface area contributed by atoms with E-state index < -0.39 is 6.10 Å². The standard InChI is InChI=1S/C20H25Cl2N3O3/c1-20(2,3)25-16(9-15(24-25)12-7-8-12)19(27)23-10-13(26)11-28-17-6-4-5-14(21)18(17)22/h4-6,9,12-13,26H,7-8,10-11H2,1-3H3,(H,23,27). The molecule has 6 nitrogen and oxygen atoms in total. The summed E-state index contributed by atoms with van der Waals surface area (Å²) in [6.45, 7) is 6.04. The minimum atomic E-state index is -0.895. The molecule has 2 aromatic rings. The minimum absolute atomic E-state index is 0.0216. The van der Waals surface area contributed by atoms with Crippen LogP contribution < -0.4 is 10.1 Å². The third kappa shape index (κ3) is 4.99. The van der Waals surface area contributed by atoms with Crippen LogP contribution in [-0.2, 0) is 5.54 Å². The van der Waals surface area contributed by atoms with Gasteiger partial charge in [-0.2, -0.15) is 5.10 Å². The second-order valence-electron chi connectivity index (χ2n) is 8.04. The van der Waals surface area contributed by atoms with Crippen LogP contribution >= 0.6 is 23.2 Å². The smallest absolute Gasteiger partial charge is 0.269 e. The zero-order valence-corrected chi connectivity index (χ0v) is 17.7. The summed E-state index contributed by atoms with van der Waals surface area (Å²) >= 11 is 12.0. The van der Waals surface area contributed by atoms with Gasteiger partial charge in [-0.25, -0.2) is 0 Å². The first-order valence-electron chi connectivity index (χ1n) is 9.30. The maximum Gasteiger partial charge on any atom is 0.269 e. The molecule has 0 saturated heterocycles. The molecule has 1 aliphatic carbocycles. The molecule has 1 aliphatic rings. The first-order chi connectivity index (χ1) is 13.2. The fourth-order valence-electron chi connectivity index (χ4n) is 2.79. The third-order valence-corrected chi connectivity index (χ3v) is 5.24. The average Bonchev–Trinajstić information content (AvgIpc) is 3.37. The van der Waals surface area contributed by atoms with E-state index in [4.69, 9.17) is 27.9 Å². The quantitative estimate of drug-likeness (QED) is 0.702. The molecule has 1 aromatic carbocycles. The largest absolute Gasteiger partial charge is 0.489 e. The topological polar surface area (TPSA) is 76.4 Å². The van der Waals surface area contributed by atoms with E-state index in [9.17, 15) is 9.90 Å². The summed E-state index contributed by atoms with van der Waals surface area (Å²) in [6, 6.07) is 6.89. The highest BCUT2D eigenvalue weighted by Gasteiger charge is 2.31. The Morgan fingerprint density at radius 2 is 2.11 bits per heavy atom. The van der Waals surface area contributed by atoms with Gasteiger partial charge in [0.15, 0.2) is 0 Å². The van der Waals surface area contributed by atoms with Crippen LogP contribution in [0.25, 0.3) is 0 Å². The summed E-state index contributed by atoms with van der Waals surface area (Å²) in [5, 5.41) is 18.2. The Kier molecular flexibility index (Phi) is 6.22. The highest BCUT2D eigenvalue weighted by Crippen LogP contribution is 2.40. The lowest BCUT2D eigenvalue weighted by Gasteiger charge is -2.22. The molecule has 1 amide bonds. The molecule has 1 heterocycles. The van der Waals surface area contributed by atoms with E-state index in [2.05, 4.69) is 10.4 Å². The summed E-state index contributed by atoms with van der Waals surface area (Å²) < 4.78 is 7.26. The number of halogens is 2. The van der Waals surface area contributed by atoms with Crippen LogP contribution in [0.4, 0.5) is 0 Å². The van der Waals surface area contributed by atoms with Crippen molar-refractivity contribution in [3.05, 3.63) is 45.7 Å². The molecule has 0 bridgehead atoms. The van der Waals surface area contributed by atoms with E-state index in [-0.39, 0.29) is 24.6 Å². The maximum atomic E-state index is 12.7. The lowest BCUT2D eigenvalue weighted by atomic mass is 10.1. The van der Waals surface area contributed by atoms with Gasteiger partial charge < -0.3 is 15.2 Å². The molecule has 152 valence electrons. The van der Waals surface area contributed by atoms with Crippen molar-refractivity contribution in [3.8, 4) is 5.75 Å². The Morgan fingerprint density at radius 1 is 1.39 bits per heavy atom. The van der Waals surface area contributed by atoms with Gasteiger partial charge in [-0.15, -0.1) is 0 Å². The predicted molar refractivity (Wildman–Crippen MR) is 109 cm³/mol. The van der Waals surface area contributed by atoms with Gasteiger partial charge in [-0.05, 0) is 51.8 Å². The van der Waals surface area contributed by atoms with Gasteiger partial charge in [-0.1, -0.05) is 29.3 Å². The Hall–Kier alpha value is -1.76. The van der Waals surface area contributed by atoms with E-state index in [1.807, 2.05) is 26.8 Å². The zero-order chi connectivity index (χ0) is 20.5. The van der Waals surface area contributed by atoms with Crippen LogP contribution in [0, 0.1) is 0 Å². The Labute approximate surface area is 174 Å². The second-order valence-corrected chi connectivity index (χ2v) is 8.82. The molecule has 0 spiro atoms. The van der Waals surface area contributed by atoms with Crippen molar-refractivity contribution in [2.45, 2.75) is 51.2 Å². The molecule has 8 heteroatoms. The first kappa shape index (κ1) is 21.0. The number of aliphatic hydroxyl groups is 1. The van der Waals surface area contributed by atoms with Crippen LogP contribution in [0.2, 0.25) is 10.0 Å². The summed E-state index contributed by atoms with van der Waals surface area (Å²) in [7, 11) is 0. The van der Waals surface area contributed by atoms with Crippen molar-refractivity contribution in [2.24, 2.45) is 0 Å². The van der Waals surface area contributed by atoms with Crippen molar-refractivity contribution in [1.82, 2.24) is 15.1 Å². The molecule has 1 aromatic heterocycles. The molecule has 1 fully saturated rings. The fourth-order valence-corrected chi connectivity index (χ4v) is 3.14. The van der Waals surface area contributed by atoms with Crippen molar-refractivity contribution in [3.63, 3.8) is 0 Å². The van der Waals surface area contributed by atoms with Crippen molar-refractivity contribution >= 4 is 29.1 Å². The van der Waals surface area contributed by atoms with E-state index in [0.29, 0.717) is 27.4 Å². The molecule has 2 N–H and O–H groups in total. The van der Waals surface area contributed by atoms with Crippen molar-refractivity contribution in [1.29, 1.82) is 0 Å². The molecular formula is C20H25Cl2N3O3. The van der Waals surface area contributed by atoms with Gasteiger partial charge in [0, 0.05) is 12.5 Å². The zero-order valence-electron chi connectivity index (χ0n) is 16.2. The van der Waals surface area contributed by atoms with Crippen LogP contribution in [0.1, 0.15) is 55.7 Å². The number of carbonyl (C=O) groups is 1. The normalized spacial score (nSPS) is 15.4. The second kappa shape index (κ2) is 8.31. The highest BCUT2D eigenvalue weighted by molar-refractivity contribution is 6.42. The summed E-state index contributed by atoms with van der Waals surface area (Å²) in [5.74, 6) is 0.574. The number of ether oxygens (including phenoxy) is 1. The van der Waals surface area contributed by atoms with Crippen LogP contribution in [-0.4, -0.2) is 40.0 Å². The summed E-state index contributed by atoms with van der Waals surface area (Å²) in [6.07, 6.45) is 1.34. The first-order valence-corrected chi connectivity index (χ1v) is 10.1. The van der Waals surface area contributed by atoms with E-state index in [1.165, 1.54) is 0 Å². The molecule has 3 rings (SSSR count). The van der Waals surface area contributed by atoms with Gasteiger partial charge in [-0.3, -0.25) is 9.48 Å². The minimum Gasteiger partial charge on any atom is -0.489 e. The van der Waals surface area contributed by atoms with E-state index in [1.54, 1.807) is 22.9 Å². The molecule has 1 atom stereocenters. The third-order valence-electron chi connectivity index (χ3n) is 4.44. The highest BCUT2D eigenvalue weighted by atomic mass is 35.5. The fraction of sp³-hybridized carbons (Fsp3) is 0.500. The van der Waals surface area contributed by atoms with E-state index in [0.717, 1.165) is 18.5 Å². The molecule has 0 radical (unpaired) electrons. The molecule has 1 saturated carbocycles. The van der Waals surface area contributed by atoms with Gasteiger partial charge in [0.25, 0.3) is 5.91 Å². The molecule has 28 heavy (non-hydrogen) atoms. The lowest BCUT2D eigenvalue weighted by molar-refractivity contribution is 0.0829. The number of carbonyl (C=O) groups excluding carboxylic acids is 1. The summed E-state index contributed by atoms with van der Waals surface area (Å²) in [4.78, 5) is 12.7. The number of amides is 1. The van der Waals surface area contributed by atoms with Crippen molar-refractivity contribution < 1.29 is 14.6 Å². The SMILES string of the molecule is CC(C)(C)n1nc(C2CC2)cc1C(=O)NCC(O)COc1cccc(Cl)c1Cl. The van der Waals surface area contributed by atoms with E-state index >= 15 is 0 Å².